The van der Waals surface area contributed by atoms with Crippen molar-refractivity contribution in [2.75, 3.05) is 0 Å². The summed E-state index contributed by atoms with van der Waals surface area (Å²) in [7, 11) is 0. The molecule has 1 aliphatic carbocycles. The quantitative estimate of drug-likeness (QED) is 0.616. The molecule has 1 heteroatoms. The molecular formula is C11H19N. The van der Waals surface area contributed by atoms with Crippen LogP contribution in [-0.2, 0) is 0 Å². The minimum Gasteiger partial charge on any atom is -0.311 e. The lowest BCUT2D eigenvalue weighted by Gasteiger charge is -2.20. The average Bonchev–Trinajstić information content (AvgIpc) is 2.83. The first-order valence-corrected chi connectivity index (χ1v) is 4.93. The molecule has 1 N–H and O–H groups in total. The minimum absolute atomic E-state index is 0.630. The molecule has 0 aromatic carbocycles. The molecule has 0 heterocycles. The van der Waals surface area contributed by atoms with E-state index in [0.717, 1.165) is 18.9 Å². The van der Waals surface area contributed by atoms with E-state index in [9.17, 15) is 0 Å². The number of hydrogen-bond donors (Lipinski definition) is 1. The van der Waals surface area contributed by atoms with Crippen LogP contribution in [0.2, 0.25) is 0 Å². The van der Waals surface area contributed by atoms with Crippen LogP contribution in [0.1, 0.15) is 39.5 Å². The van der Waals surface area contributed by atoms with E-state index in [1.165, 1.54) is 12.8 Å². The summed E-state index contributed by atoms with van der Waals surface area (Å²) in [6, 6.07) is 1.44. The molecule has 1 fully saturated rings. The van der Waals surface area contributed by atoms with E-state index in [4.69, 9.17) is 6.42 Å². The van der Waals surface area contributed by atoms with E-state index >= 15 is 0 Å². The standard InChI is InChI=1S/C11H19N/c1-4-5-6-9(2)10(3)12-11-7-8-11/h1,9-12H,5-8H2,2-3H3. The average molecular weight is 165 g/mol. The van der Waals surface area contributed by atoms with Crippen LogP contribution in [0.4, 0.5) is 0 Å². The molecule has 1 saturated carbocycles. The first-order valence-electron chi connectivity index (χ1n) is 4.93. The first kappa shape index (κ1) is 9.61. The van der Waals surface area contributed by atoms with Crippen molar-refractivity contribution in [3.8, 4) is 12.3 Å². The van der Waals surface area contributed by atoms with Crippen LogP contribution in [-0.4, -0.2) is 12.1 Å². The van der Waals surface area contributed by atoms with Crippen LogP contribution in [0.25, 0.3) is 0 Å². The number of nitrogens with one attached hydrogen (secondary N) is 1. The van der Waals surface area contributed by atoms with E-state index in [0.29, 0.717) is 12.0 Å². The molecule has 0 saturated heterocycles. The molecule has 2 unspecified atom stereocenters. The Kier molecular flexibility index (Phi) is 3.62. The molecule has 0 radical (unpaired) electrons. The van der Waals surface area contributed by atoms with Crippen LogP contribution in [0.5, 0.6) is 0 Å². The van der Waals surface area contributed by atoms with Gasteiger partial charge in [-0.15, -0.1) is 12.3 Å². The predicted octanol–water partition coefficient (Wildman–Crippen LogP) is 2.18. The van der Waals surface area contributed by atoms with Crippen LogP contribution in [0.3, 0.4) is 0 Å². The second-order valence-corrected chi connectivity index (χ2v) is 3.95. The Hall–Kier alpha value is -0.480. The summed E-state index contributed by atoms with van der Waals surface area (Å²) in [6.07, 6.45) is 10.0. The smallest absolute Gasteiger partial charge is 0.00891 e. The lowest BCUT2D eigenvalue weighted by molar-refractivity contribution is 0.380. The number of hydrogen-bond acceptors (Lipinski definition) is 1. The maximum absolute atomic E-state index is 5.22. The second kappa shape index (κ2) is 4.52. The van der Waals surface area contributed by atoms with Crippen LogP contribution in [0.15, 0.2) is 0 Å². The SMILES string of the molecule is C#CCCC(C)C(C)NC1CC1. The van der Waals surface area contributed by atoms with E-state index in [1.807, 2.05) is 0 Å². The van der Waals surface area contributed by atoms with Gasteiger partial charge >= 0.3 is 0 Å². The summed E-state index contributed by atoms with van der Waals surface area (Å²) in [5, 5.41) is 3.59. The molecule has 1 nitrogen and oxygen atoms in total. The lowest BCUT2D eigenvalue weighted by atomic mass is 9.98. The van der Waals surface area contributed by atoms with Crippen molar-refractivity contribution in [1.29, 1.82) is 0 Å². The Morgan fingerprint density at radius 1 is 1.50 bits per heavy atom. The molecule has 0 aromatic rings. The van der Waals surface area contributed by atoms with Crippen LogP contribution >= 0.6 is 0 Å². The summed E-state index contributed by atoms with van der Waals surface area (Å²) >= 11 is 0. The van der Waals surface area contributed by atoms with E-state index in [2.05, 4.69) is 25.1 Å². The molecule has 0 spiro atoms. The molecule has 0 aliphatic heterocycles. The Morgan fingerprint density at radius 3 is 2.67 bits per heavy atom. The summed E-state index contributed by atoms with van der Waals surface area (Å²) in [6.45, 7) is 4.54. The largest absolute Gasteiger partial charge is 0.311 e. The zero-order valence-corrected chi connectivity index (χ0v) is 8.14. The molecular weight excluding hydrogens is 146 g/mol. The van der Waals surface area contributed by atoms with Gasteiger partial charge in [-0.2, -0.15) is 0 Å². The number of rotatable bonds is 5. The van der Waals surface area contributed by atoms with Gasteiger partial charge in [0.25, 0.3) is 0 Å². The van der Waals surface area contributed by atoms with Crippen molar-refractivity contribution in [2.24, 2.45) is 5.92 Å². The maximum Gasteiger partial charge on any atom is 0.00891 e. The third kappa shape index (κ3) is 3.28. The molecule has 0 aromatic heterocycles. The van der Waals surface area contributed by atoms with Crippen molar-refractivity contribution in [3.05, 3.63) is 0 Å². The van der Waals surface area contributed by atoms with E-state index in [-0.39, 0.29) is 0 Å². The molecule has 1 rings (SSSR count). The highest BCUT2D eigenvalue weighted by atomic mass is 15.0. The Morgan fingerprint density at radius 2 is 2.17 bits per heavy atom. The minimum atomic E-state index is 0.630. The van der Waals surface area contributed by atoms with Crippen molar-refractivity contribution >= 4 is 0 Å². The fourth-order valence-electron chi connectivity index (χ4n) is 1.35. The molecule has 0 amide bonds. The van der Waals surface area contributed by atoms with E-state index in [1.54, 1.807) is 0 Å². The number of terminal acetylenes is 1. The summed E-state index contributed by atoms with van der Waals surface area (Å²) in [4.78, 5) is 0. The van der Waals surface area contributed by atoms with E-state index < -0.39 is 0 Å². The normalized spacial score (nSPS) is 21.4. The summed E-state index contributed by atoms with van der Waals surface area (Å²) < 4.78 is 0. The van der Waals surface area contributed by atoms with Gasteiger partial charge in [0.15, 0.2) is 0 Å². The van der Waals surface area contributed by atoms with Gasteiger partial charge < -0.3 is 5.32 Å². The van der Waals surface area contributed by atoms with Gasteiger partial charge in [-0.1, -0.05) is 6.92 Å². The highest BCUT2D eigenvalue weighted by Crippen LogP contribution is 2.21. The van der Waals surface area contributed by atoms with Gasteiger partial charge in [0, 0.05) is 18.5 Å². The summed E-state index contributed by atoms with van der Waals surface area (Å²) in [5.41, 5.74) is 0. The van der Waals surface area contributed by atoms with Crippen LogP contribution in [0, 0.1) is 18.3 Å². The van der Waals surface area contributed by atoms with Gasteiger partial charge in [-0.05, 0) is 32.1 Å². The third-order valence-corrected chi connectivity index (χ3v) is 2.67. The second-order valence-electron chi connectivity index (χ2n) is 3.95. The monoisotopic (exact) mass is 165 g/mol. The van der Waals surface area contributed by atoms with Gasteiger partial charge in [0.2, 0.25) is 0 Å². The molecule has 2 atom stereocenters. The Bertz CT molecular complexity index is 164. The van der Waals surface area contributed by atoms with Crippen molar-refractivity contribution in [3.63, 3.8) is 0 Å². The predicted molar refractivity (Wildman–Crippen MR) is 52.9 cm³/mol. The first-order chi connectivity index (χ1) is 5.74. The van der Waals surface area contributed by atoms with Crippen molar-refractivity contribution < 1.29 is 0 Å². The topological polar surface area (TPSA) is 12.0 Å². The highest BCUT2D eigenvalue weighted by molar-refractivity contribution is 4.88. The van der Waals surface area contributed by atoms with Crippen molar-refractivity contribution in [2.45, 2.75) is 51.6 Å². The third-order valence-electron chi connectivity index (χ3n) is 2.67. The van der Waals surface area contributed by atoms with Crippen LogP contribution < -0.4 is 5.32 Å². The molecule has 12 heavy (non-hydrogen) atoms. The van der Waals surface area contributed by atoms with Gasteiger partial charge in [0.05, 0.1) is 0 Å². The van der Waals surface area contributed by atoms with Gasteiger partial charge in [-0.25, -0.2) is 0 Å². The van der Waals surface area contributed by atoms with Gasteiger partial charge in [-0.3, -0.25) is 0 Å². The zero-order chi connectivity index (χ0) is 8.97. The zero-order valence-electron chi connectivity index (χ0n) is 8.14. The fourth-order valence-corrected chi connectivity index (χ4v) is 1.35. The Balaban J connectivity index is 2.11. The lowest BCUT2D eigenvalue weighted by Crippen LogP contribution is -2.33. The van der Waals surface area contributed by atoms with Crippen molar-refractivity contribution in [1.82, 2.24) is 5.32 Å². The molecule has 0 bridgehead atoms. The molecule has 68 valence electrons. The highest BCUT2D eigenvalue weighted by Gasteiger charge is 2.24. The summed E-state index contributed by atoms with van der Waals surface area (Å²) in [5.74, 6) is 3.40. The maximum atomic E-state index is 5.22. The molecule has 1 aliphatic rings. The Labute approximate surface area is 75.9 Å². The fraction of sp³-hybridized carbons (Fsp3) is 0.818. The van der Waals surface area contributed by atoms with Gasteiger partial charge in [0.1, 0.15) is 0 Å².